The quantitative estimate of drug-likeness (QED) is 0.682. The van der Waals surface area contributed by atoms with E-state index in [0.717, 1.165) is 12.5 Å². The molecule has 1 saturated heterocycles. The Morgan fingerprint density at radius 1 is 1.38 bits per heavy atom. The van der Waals surface area contributed by atoms with Crippen LogP contribution in [0.25, 0.3) is 0 Å². The third-order valence-electron chi connectivity index (χ3n) is 3.44. The van der Waals surface area contributed by atoms with E-state index >= 15 is 0 Å². The summed E-state index contributed by atoms with van der Waals surface area (Å²) >= 11 is 5.70. The normalized spacial score (nSPS) is 18.3. The molecule has 1 aliphatic heterocycles. The molecule has 1 aliphatic rings. The lowest BCUT2D eigenvalue weighted by molar-refractivity contribution is -0.384. The van der Waals surface area contributed by atoms with Crippen LogP contribution < -0.4 is 0 Å². The summed E-state index contributed by atoms with van der Waals surface area (Å²) in [6.07, 6.45) is 1.84. The number of carbonyl (C=O) groups is 2. The van der Waals surface area contributed by atoms with Crippen LogP contribution >= 0.6 is 11.6 Å². The summed E-state index contributed by atoms with van der Waals surface area (Å²) in [7, 11) is 0. The van der Waals surface area contributed by atoms with Gasteiger partial charge in [0, 0.05) is 18.2 Å². The van der Waals surface area contributed by atoms with Gasteiger partial charge in [-0.3, -0.25) is 14.9 Å². The summed E-state index contributed by atoms with van der Waals surface area (Å²) in [6.45, 7) is 0.326. The summed E-state index contributed by atoms with van der Waals surface area (Å²) in [5, 5.41) is 20.0. The van der Waals surface area contributed by atoms with Gasteiger partial charge in [0.05, 0.1) is 4.92 Å². The first-order chi connectivity index (χ1) is 9.91. The van der Waals surface area contributed by atoms with Crippen LogP contribution in [0.3, 0.4) is 0 Å². The Balaban J connectivity index is 2.32. The Labute approximate surface area is 125 Å². The topological polar surface area (TPSA) is 101 Å². The second-order valence-corrected chi connectivity index (χ2v) is 5.18. The number of amides is 1. The fourth-order valence-electron chi connectivity index (χ4n) is 2.38. The first-order valence-corrected chi connectivity index (χ1v) is 6.77. The predicted molar refractivity (Wildman–Crippen MR) is 74.4 cm³/mol. The zero-order valence-corrected chi connectivity index (χ0v) is 11.7. The number of hydrogen-bond donors (Lipinski definition) is 1. The van der Waals surface area contributed by atoms with Gasteiger partial charge in [0.2, 0.25) is 0 Å². The van der Waals surface area contributed by atoms with Gasteiger partial charge < -0.3 is 10.0 Å². The van der Waals surface area contributed by atoms with Gasteiger partial charge in [-0.05, 0) is 31.4 Å². The first kappa shape index (κ1) is 15.2. The Bertz CT molecular complexity index is 604. The molecule has 1 amide bonds. The fraction of sp³-hybridized carbons (Fsp3) is 0.385. The van der Waals surface area contributed by atoms with Crippen molar-refractivity contribution < 1.29 is 19.6 Å². The van der Waals surface area contributed by atoms with E-state index < -0.39 is 22.8 Å². The summed E-state index contributed by atoms with van der Waals surface area (Å²) in [4.78, 5) is 35.0. The molecule has 0 bridgehead atoms. The number of nitrogens with zero attached hydrogens (tertiary/aromatic N) is 2. The van der Waals surface area contributed by atoms with Crippen LogP contribution in [0.5, 0.6) is 0 Å². The molecule has 112 valence electrons. The number of nitro benzene ring substituents is 1. The van der Waals surface area contributed by atoms with Crippen molar-refractivity contribution in [3.8, 4) is 0 Å². The zero-order chi connectivity index (χ0) is 15.6. The van der Waals surface area contributed by atoms with Gasteiger partial charge in [-0.15, -0.1) is 0 Å². The number of halogens is 1. The fourth-order valence-corrected chi connectivity index (χ4v) is 2.57. The summed E-state index contributed by atoms with van der Waals surface area (Å²) in [5.74, 6) is -1.59. The number of carboxylic acid groups (broad SMARTS) is 1. The average Bonchev–Trinajstić information content (AvgIpc) is 2.46. The van der Waals surface area contributed by atoms with Crippen LogP contribution in [-0.4, -0.2) is 39.4 Å². The molecule has 1 aromatic rings. The number of aliphatic carboxylic acids is 1. The molecule has 1 fully saturated rings. The Morgan fingerprint density at radius 3 is 2.71 bits per heavy atom. The lowest BCUT2D eigenvalue weighted by atomic mass is 10.0. The third kappa shape index (κ3) is 3.13. The molecule has 2 rings (SSSR count). The molecule has 21 heavy (non-hydrogen) atoms. The Hall–Kier alpha value is -2.15. The molecule has 8 heteroatoms. The van der Waals surface area contributed by atoms with E-state index in [1.807, 2.05) is 0 Å². The molecule has 1 N–H and O–H groups in total. The molecule has 0 unspecified atom stereocenters. The maximum Gasteiger partial charge on any atom is 0.326 e. The summed E-state index contributed by atoms with van der Waals surface area (Å²) in [6, 6.07) is 2.83. The van der Waals surface area contributed by atoms with Crippen LogP contribution in [0.4, 0.5) is 5.69 Å². The molecule has 0 radical (unpaired) electrons. The minimum atomic E-state index is -1.06. The van der Waals surface area contributed by atoms with Gasteiger partial charge in [-0.2, -0.15) is 0 Å². The van der Waals surface area contributed by atoms with Crippen molar-refractivity contribution in [2.24, 2.45) is 0 Å². The minimum absolute atomic E-state index is 0.0648. The lowest BCUT2D eigenvalue weighted by Gasteiger charge is -2.32. The van der Waals surface area contributed by atoms with Gasteiger partial charge in [-0.1, -0.05) is 11.6 Å². The predicted octanol–water partition coefficient (Wildman–Crippen LogP) is 2.33. The number of likely N-dealkylation sites (tertiary alicyclic amines) is 1. The van der Waals surface area contributed by atoms with E-state index in [-0.39, 0.29) is 16.3 Å². The summed E-state index contributed by atoms with van der Waals surface area (Å²) < 4.78 is 0. The number of hydrogen-bond acceptors (Lipinski definition) is 4. The van der Waals surface area contributed by atoms with Crippen LogP contribution in [0.15, 0.2) is 18.2 Å². The van der Waals surface area contributed by atoms with Crippen molar-refractivity contribution in [1.82, 2.24) is 4.90 Å². The molecule has 1 heterocycles. The van der Waals surface area contributed by atoms with Crippen molar-refractivity contribution in [2.45, 2.75) is 25.3 Å². The standard InChI is InChI=1S/C13H13ClN2O5/c14-9-5-4-8(7-11(9)16(20)21)12(17)15-6-2-1-3-10(15)13(18)19/h4-5,7,10H,1-3,6H2,(H,18,19)/t10-/m0/s1. The number of nitro groups is 1. The van der Waals surface area contributed by atoms with E-state index in [1.165, 1.54) is 17.0 Å². The highest BCUT2D eigenvalue weighted by Crippen LogP contribution is 2.27. The van der Waals surface area contributed by atoms with E-state index in [0.29, 0.717) is 19.4 Å². The van der Waals surface area contributed by atoms with Crippen molar-refractivity contribution in [3.63, 3.8) is 0 Å². The maximum absolute atomic E-state index is 12.4. The Kier molecular flexibility index (Phi) is 4.42. The monoisotopic (exact) mass is 312 g/mol. The average molecular weight is 313 g/mol. The lowest BCUT2D eigenvalue weighted by Crippen LogP contribution is -2.47. The number of piperidine rings is 1. The van der Waals surface area contributed by atoms with Crippen LogP contribution in [0.1, 0.15) is 29.6 Å². The second kappa shape index (κ2) is 6.09. The van der Waals surface area contributed by atoms with E-state index in [1.54, 1.807) is 0 Å². The van der Waals surface area contributed by atoms with Crippen molar-refractivity contribution in [1.29, 1.82) is 0 Å². The second-order valence-electron chi connectivity index (χ2n) is 4.77. The largest absolute Gasteiger partial charge is 0.480 e. The highest BCUT2D eigenvalue weighted by molar-refractivity contribution is 6.32. The summed E-state index contributed by atoms with van der Waals surface area (Å²) in [5.41, 5.74) is -0.300. The number of carbonyl (C=O) groups excluding carboxylic acids is 1. The van der Waals surface area contributed by atoms with Crippen LogP contribution in [0, 0.1) is 10.1 Å². The molecular formula is C13H13ClN2O5. The SMILES string of the molecule is O=C(O)[C@@H]1CCCCN1C(=O)c1ccc(Cl)c([N+](=O)[O-])c1. The molecule has 1 aromatic carbocycles. The van der Waals surface area contributed by atoms with Crippen molar-refractivity contribution in [3.05, 3.63) is 38.9 Å². The highest BCUT2D eigenvalue weighted by Gasteiger charge is 2.33. The van der Waals surface area contributed by atoms with Crippen molar-refractivity contribution >= 4 is 29.2 Å². The van der Waals surface area contributed by atoms with Crippen molar-refractivity contribution in [2.75, 3.05) is 6.54 Å². The molecule has 0 aliphatic carbocycles. The Morgan fingerprint density at radius 2 is 2.10 bits per heavy atom. The van der Waals surface area contributed by atoms with E-state index in [2.05, 4.69) is 0 Å². The van der Waals surface area contributed by atoms with E-state index in [9.17, 15) is 19.7 Å². The molecule has 0 saturated carbocycles. The first-order valence-electron chi connectivity index (χ1n) is 6.39. The molecule has 7 nitrogen and oxygen atoms in total. The molecular weight excluding hydrogens is 300 g/mol. The van der Waals surface area contributed by atoms with Gasteiger partial charge in [0.1, 0.15) is 11.1 Å². The molecule has 1 atom stereocenters. The van der Waals surface area contributed by atoms with Gasteiger partial charge in [0.25, 0.3) is 11.6 Å². The van der Waals surface area contributed by atoms with Gasteiger partial charge in [0.15, 0.2) is 0 Å². The van der Waals surface area contributed by atoms with E-state index in [4.69, 9.17) is 16.7 Å². The number of benzene rings is 1. The molecule has 0 aromatic heterocycles. The zero-order valence-electron chi connectivity index (χ0n) is 11.0. The third-order valence-corrected chi connectivity index (χ3v) is 3.76. The number of rotatable bonds is 3. The molecule has 0 spiro atoms. The highest BCUT2D eigenvalue weighted by atomic mass is 35.5. The van der Waals surface area contributed by atoms with Crippen LogP contribution in [0.2, 0.25) is 5.02 Å². The minimum Gasteiger partial charge on any atom is -0.480 e. The smallest absolute Gasteiger partial charge is 0.326 e. The van der Waals surface area contributed by atoms with Crippen LogP contribution in [-0.2, 0) is 4.79 Å². The van der Waals surface area contributed by atoms with Gasteiger partial charge >= 0.3 is 5.97 Å². The maximum atomic E-state index is 12.4. The number of carboxylic acids is 1. The van der Waals surface area contributed by atoms with Gasteiger partial charge in [-0.25, -0.2) is 4.79 Å².